The Hall–Kier alpha value is -1.55. The van der Waals surface area contributed by atoms with Crippen LogP contribution < -0.4 is 0 Å². The van der Waals surface area contributed by atoms with Crippen molar-refractivity contribution in [1.82, 2.24) is 0 Å². The molecular formula is C12H14O4. The van der Waals surface area contributed by atoms with Crippen LogP contribution in [0.2, 0.25) is 0 Å². The lowest BCUT2D eigenvalue weighted by atomic mass is 9.77. The SMILES string of the molecule is O=C(O)CC1(O)CCCc2cc(O)ccc21. The molecule has 1 aromatic carbocycles. The molecule has 86 valence electrons. The monoisotopic (exact) mass is 222 g/mol. The van der Waals surface area contributed by atoms with E-state index in [1.807, 2.05) is 0 Å². The van der Waals surface area contributed by atoms with Gasteiger partial charge in [0, 0.05) is 0 Å². The van der Waals surface area contributed by atoms with E-state index in [-0.39, 0.29) is 12.2 Å². The van der Waals surface area contributed by atoms with Crippen LogP contribution in [-0.2, 0) is 16.8 Å². The minimum Gasteiger partial charge on any atom is -0.508 e. The number of phenolic OH excluding ortho intramolecular Hbond substituents is 1. The predicted molar refractivity (Wildman–Crippen MR) is 57.2 cm³/mol. The summed E-state index contributed by atoms with van der Waals surface area (Å²) in [6, 6.07) is 4.70. The zero-order chi connectivity index (χ0) is 11.8. The predicted octanol–water partition coefficient (Wildman–Crippen LogP) is 1.39. The molecule has 1 aliphatic carbocycles. The van der Waals surface area contributed by atoms with Gasteiger partial charge in [0.15, 0.2) is 0 Å². The van der Waals surface area contributed by atoms with E-state index in [1.54, 1.807) is 12.1 Å². The van der Waals surface area contributed by atoms with Crippen molar-refractivity contribution < 1.29 is 20.1 Å². The zero-order valence-corrected chi connectivity index (χ0v) is 8.81. The minimum atomic E-state index is -1.28. The van der Waals surface area contributed by atoms with E-state index in [0.717, 1.165) is 18.4 Å². The molecule has 0 aromatic heterocycles. The Balaban J connectivity index is 2.43. The molecule has 0 amide bonds. The van der Waals surface area contributed by atoms with E-state index in [1.165, 1.54) is 6.07 Å². The average Bonchev–Trinajstić information content (AvgIpc) is 2.15. The van der Waals surface area contributed by atoms with Gasteiger partial charge in [-0.25, -0.2) is 0 Å². The highest BCUT2D eigenvalue weighted by atomic mass is 16.4. The fourth-order valence-electron chi connectivity index (χ4n) is 2.38. The summed E-state index contributed by atoms with van der Waals surface area (Å²) >= 11 is 0. The number of aliphatic carboxylic acids is 1. The van der Waals surface area contributed by atoms with Gasteiger partial charge >= 0.3 is 5.97 Å². The highest BCUT2D eigenvalue weighted by molar-refractivity contribution is 5.69. The number of carboxylic acids is 1. The molecule has 1 aromatic rings. The van der Waals surface area contributed by atoms with Crippen LogP contribution in [0.4, 0.5) is 0 Å². The summed E-state index contributed by atoms with van der Waals surface area (Å²) in [6.07, 6.45) is 1.67. The number of rotatable bonds is 2. The number of fused-ring (bicyclic) bond motifs is 1. The fraction of sp³-hybridized carbons (Fsp3) is 0.417. The standard InChI is InChI=1S/C12H14O4/c13-9-3-4-10-8(6-9)2-1-5-12(10,16)7-11(14)15/h3-4,6,13,16H,1-2,5,7H2,(H,14,15). The van der Waals surface area contributed by atoms with Crippen molar-refractivity contribution in [2.45, 2.75) is 31.3 Å². The molecule has 0 bridgehead atoms. The Labute approximate surface area is 93.2 Å². The number of aryl methyl sites for hydroxylation is 1. The number of hydrogen-bond donors (Lipinski definition) is 3. The summed E-state index contributed by atoms with van der Waals surface area (Å²) in [6.45, 7) is 0. The molecule has 4 nitrogen and oxygen atoms in total. The summed E-state index contributed by atoms with van der Waals surface area (Å²) < 4.78 is 0. The Morgan fingerprint density at radius 2 is 2.19 bits per heavy atom. The van der Waals surface area contributed by atoms with Crippen molar-refractivity contribution in [3.05, 3.63) is 29.3 Å². The molecule has 0 radical (unpaired) electrons. The summed E-state index contributed by atoms with van der Waals surface area (Å²) in [7, 11) is 0. The lowest BCUT2D eigenvalue weighted by molar-refractivity contribution is -0.143. The Morgan fingerprint density at radius 1 is 1.44 bits per heavy atom. The first-order valence-corrected chi connectivity index (χ1v) is 5.28. The zero-order valence-electron chi connectivity index (χ0n) is 8.81. The van der Waals surface area contributed by atoms with E-state index < -0.39 is 11.6 Å². The normalized spacial score (nSPS) is 23.8. The third-order valence-electron chi connectivity index (χ3n) is 3.07. The summed E-state index contributed by atoms with van der Waals surface area (Å²) in [5.41, 5.74) is 0.196. The molecule has 4 heteroatoms. The van der Waals surface area contributed by atoms with Crippen molar-refractivity contribution in [3.8, 4) is 5.75 Å². The van der Waals surface area contributed by atoms with Crippen molar-refractivity contribution in [3.63, 3.8) is 0 Å². The average molecular weight is 222 g/mol. The molecule has 0 spiro atoms. The molecule has 1 aliphatic rings. The summed E-state index contributed by atoms with van der Waals surface area (Å²) in [5, 5.41) is 28.5. The van der Waals surface area contributed by atoms with Gasteiger partial charge in [-0.15, -0.1) is 0 Å². The highest BCUT2D eigenvalue weighted by Crippen LogP contribution is 2.38. The number of aliphatic hydroxyl groups is 1. The van der Waals surface area contributed by atoms with Crippen molar-refractivity contribution in [2.75, 3.05) is 0 Å². The number of aromatic hydroxyl groups is 1. The Kier molecular flexibility index (Phi) is 2.59. The molecule has 1 unspecified atom stereocenters. The van der Waals surface area contributed by atoms with Crippen LogP contribution in [0, 0.1) is 0 Å². The second kappa shape index (κ2) is 3.79. The number of phenols is 1. The van der Waals surface area contributed by atoms with E-state index >= 15 is 0 Å². The highest BCUT2D eigenvalue weighted by Gasteiger charge is 2.36. The third-order valence-corrected chi connectivity index (χ3v) is 3.07. The van der Waals surface area contributed by atoms with Gasteiger partial charge in [0.05, 0.1) is 6.42 Å². The van der Waals surface area contributed by atoms with Crippen LogP contribution >= 0.6 is 0 Å². The lowest BCUT2D eigenvalue weighted by Crippen LogP contribution is -2.33. The number of benzene rings is 1. The van der Waals surface area contributed by atoms with Gasteiger partial charge in [-0.05, 0) is 42.5 Å². The van der Waals surface area contributed by atoms with E-state index in [9.17, 15) is 15.0 Å². The Bertz CT molecular complexity index is 427. The quantitative estimate of drug-likeness (QED) is 0.706. The first-order valence-electron chi connectivity index (χ1n) is 5.28. The van der Waals surface area contributed by atoms with E-state index in [4.69, 9.17) is 5.11 Å². The van der Waals surface area contributed by atoms with Gasteiger partial charge in [-0.3, -0.25) is 4.79 Å². The largest absolute Gasteiger partial charge is 0.508 e. The van der Waals surface area contributed by atoms with Crippen LogP contribution in [-0.4, -0.2) is 21.3 Å². The maximum absolute atomic E-state index is 10.7. The van der Waals surface area contributed by atoms with Gasteiger partial charge in [-0.1, -0.05) is 6.07 Å². The van der Waals surface area contributed by atoms with Gasteiger partial charge in [-0.2, -0.15) is 0 Å². The van der Waals surface area contributed by atoms with Crippen LogP contribution in [0.3, 0.4) is 0 Å². The van der Waals surface area contributed by atoms with Gasteiger partial charge in [0.1, 0.15) is 11.4 Å². The molecule has 1 atom stereocenters. The number of carboxylic acid groups (broad SMARTS) is 1. The van der Waals surface area contributed by atoms with E-state index in [0.29, 0.717) is 12.0 Å². The summed E-state index contributed by atoms with van der Waals surface area (Å²) in [4.78, 5) is 10.7. The number of hydrogen-bond acceptors (Lipinski definition) is 3. The van der Waals surface area contributed by atoms with Crippen molar-refractivity contribution in [1.29, 1.82) is 0 Å². The molecule has 0 heterocycles. The Morgan fingerprint density at radius 3 is 2.88 bits per heavy atom. The van der Waals surface area contributed by atoms with Gasteiger partial charge in [0.2, 0.25) is 0 Å². The van der Waals surface area contributed by atoms with Crippen LogP contribution in [0.15, 0.2) is 18.2 Å². The second-order valence-corrected chi connectivity index (χ2v) is 4.30. The molecule has 0 saturated carbocycles. The lowest BCUT2D eigenvalue weighted by Gasteiger charge is -2.33. The third kappa shape index (κ3) is 1.88. The topological polar surface area (TPSA) is 77.8 Å². The molecule has 0 saturated heterocycles. The van der Waals surface area contributed by atoms with E-state index in [2.05, 4.69) is 0 Å². The maximum atomic E-state index is 10.7. The first kappa shape index (κ1) is 11.0. The molecular weight excluding hydrogens is 208 g/mol. The molecule has 16 heavy (non-hydrogen) atoms. The second-order valence-electron chi connectivity index (χ2n) is 4.30. The molecule has 2 rings (SSSR count). The van der Waals surface area contributed by atoms with Crippen LogP contribution in [0.5, 0.6) is 5.75 Å². The van der Waals surface area contributed by atoms with Crippen molar-refractivity contribution in [2.24, 2.45) is 0 Å². The first-order chi connectivity index (χ1) is 7.51. The molecule has 0 fully saturated rings. The van der Waals surface area contributed by atoms with Crippen LogP contribution in [0.1, 0.15) is 30.4 Å². The smallest absolute Gasteiger partial charge is 0.306 e. The van der Waals surface area contributed by atoms with Gasteiger partial charge < -0.3 is 15.3 Å². The molecule has 0 aliphatic heterocycles. The van der Waals surface area contributed by atoms with Crippen LogP contribution in [0.25, 0.3) is 0 Å². The molecule has 3 N–H and O–H groups in total. The minimum absolute atomic E-state index is 0.151. The maximum Gasteiger partial charge on any atom is 0.306 e. The van der Waals surface area contributed by atoms with Gasteiger partial charge in [0.25, 0.3) is 0 Å². The number of carbonyl (C=O) groups is 1. The van der Waals surface area contributed by atoms with Crippen molar-refractivity contribution >= 4 is 5.97 Å². The fourth-order valence-corrected chi connectivity index (χ4v) is 2.38. The summed E-state index contributed by atoms with van der Waals surface area (Å²) in [5.74, 6) is -0.859.